The average molecular weight is 448 g/mol. The van der Waals surface area contributed by atoms with Crippen LogP contribution in [0.15, 0.2) is 48.5 Å². The van der Waals surface area contributed by atoms with Crippen molar-refractivity contribution >= 4 is 34.0 Å². The van der Waals surface area contributed by atoms with Crippen LogP contribution < -0.4 is 5.73 Å². The number of benzene rings is 3. The number of aromatic nitrogens is 1. The van der Waals surface area contributed by atoms with Crippen LogP contribution in [-0.4, -0.2) is 55.4 Å². The number of nitrogens with one attached hydrogen (secondary N) is 1. The highest BCUT2D eigenvalue weighted by Gasteiger charge is 2.20. The number of fused-ring (bicyclic) bond motifs is 3. The molecule has 4 aromatic rings. The maximum atomic E-state index is 13.9. The number of aryl methyl sites for hydroxylation is 1. The zero-order valence-corrected chi connectivity index (χ0v) is 18.7. The van der Waals surface area contributed by atoms with Gasteiger partial charge in [-0.3, -0.25) is 9.59 Å². The van der Waals surface area contributed by atoms with Gasteiger partial charge in [0.05, 0.1) is 18.7 Å². The maximum absolute atomic E-state index is 13.9. The normalized spacial score (nSPS) is 13.6. The van der Waals surface area contributed by atoms with Crippen molar-refractivity contribution in [2.45, 2.75) is 6.92 Å². The fraction of sp³-hybridized carbons (Fsp3) is 0.231. The lowest BCUT2D eigenvalue weighted by Gasteiger charge is -2.26. The summed E-state index contributed by atoms with van der Waals surface area (Å²) in [5.41, 5.74) is 9.53. The number of aldehydes is 1. The molecule has 3 aromatic carbocycles. The first-order valence-corrected chi connectivity index (χ1v) is 10.8. The molecule has 1 aromatic heterocycles. The van der Waals surface area contributed by atoms with E-state index in [1.165, 1.54) is 19.2 Å². The molecule has 7 heteroatoms. The average Bonchev–Trinajstić information content (AvgIpc) is 3.24. The van der Waals surface area contributed by atoms with Gasteiger partial charge in [-0.15, -0.1) is 0 Å². The van der Waals surface area contributed by atoms with Gasteiger partial charge >= 0.3 is 0 Å². The zero-order valence-electron chi connectivity index (χ0n) is 18.7. The van der Waals surface area contributed by atoms with E-state index in [9.17, 15) is 14.0 Å². The molecule has 1 aliphatic rings. The summed E-state index contributed by atoms with van der Waals surface area (Å²) in [5, 5.41) is 1.77. The Kier molecular flexibility index (Phi) is 6.53. The van der Waals surface area contributed by atoms with Gasteiger partial charge in [0.2, 0.25) is 0 Å². The second-order valence-corrected chi connectivity index (χ2v) is 7.86. The van der Waals surface area contributed by atoms with Gasteiger partial charge in [-0.05, 0) is 67.1 Å². The lowest BCUT2D eigenvalue weighted by molar-refractivity contribution is 0.0303. The molecule has 0 bridgehead atoms. The number of amides is 1. The molecule has 1 aliphatic heterocycles. The number of hydrogen-bond donors (Lipinski definition) is 2. The Morgan fingerprint density at radius 1 is 1.06 bits per heavy atom. The molecular weight excluding hydrogens is 421 g/mol. The van der Waals surface area contributed by atoms with Gasteiger partial charge in [0, 0.05) is 40.5 Å². The fourth-order valence-corrected chi connectivity index (χ4v) is 4.27. The standard InChI is InChI=1S/C25H21FN2O3.CH5N/c1-15-2-4-19(26)13-21(15)17-10-18(14-29)24-22(11-17)20-5-3-16(12-23(20)27-24)25(30)28-6-8-31-9-7-28;1-2/h2-5,10-14,27H,6-9H2,1H3;2H2,1H3. The fourth-order valence-electron chi connectivity index (χ4n) is 4.27. The van der Waals surface area contributed by atoms with Crippen LogP contribution >= 0.6 is 0 Å². The molecule has 0 spiro atoms. The molecule has 0 radical (unpaired) electrons. The van der Waals surface area contributed by atoms with Crippen molar-refractivity contribution in [2.75, 3.05) is 33.4 Å². The highest BCUT2D eigenvalue weighted by atomic mass is 19.1. The molecule has 1 saturated heterocycles. The van der Waals surface area contributed by atoms with Crippen LogP contribution in [0.1, 0.15) is 26.3 Å². The van der Waals surface area contributed by atoms with E-state index in [-0.39, 0.29) is 11.7 Å². The van der Waals surface area contributed by atoms with E-state index in [4.69, 9.17) is 4.74 Å². The van der Waals surface area contributed by atoms with Gasteiger partial charge < -0.3 is 20.4 Å². The molecule has 1 fully saturated rings. The number of aromatic amines is 1. The predicted molar refractivity (Wildman–Crippen MR) is 128 cm³/mol. The number of carbonyl (C=O) groups excluding carboxylic acids is 2. The lowest BCUT2D eigenvalue weighted by atomic mass is 9.96. The number of nitrogens with zero attached hydrogens (tertiary/aromatic N) is 1. The predicted octanol–water partition coefficient (Wildman–Crippen LogP) is 4.30. The Labute approximate surface area is 191 Å². The number of H-pyrrole nitrogens is 1. The summed E-state index contributed by atoms with van der Waals surface area (Å²) in [7, 11) is 1.50. The van der Waals surface area contributed by atoms with E-state index < -0.39 is 0 Å². The molecule has 1 amide bonds. The Morgan fingerprint density at radius 3 is 2.55 bits per heavy atom. The smallest absolute Gasteiger partial charge is 0.254 e. The molecule has 5 rings (SSSR count). The van der Waals surface area contributed by atoms with Gasteiger partial charge in [-0.25, -0.2) is 4.39 Å². The quantitative estimate of drug-likeness (QED) is 0.459. The highest BCUT2D eigenvalue weighted by molar-refractivity contribution is 6.14. The summed E-state index contributed by atoms with van der Waals surface area (Å²) in [5.74, 6) is -0.353. The van der Waals surface area contributed by atoms with Crippen LogP contribution in [0.3, 0.4) is 0 Å². The monoisotopic (exact) mass is 447 g/mol. The number of carbonyl (C=O) groups is 2. The van der Waals surface area contributed by atoms with Crippen molar-refractivity contribution in [2.24, 2.45) is 5.73 Å². The Morgan fingerprint density at radius 2 is 1.82 bits per heavy atom. The molecule has 0 saturated carbocycles. The van der Waals surface area contributed by atoms with Crippen LogP contribution in [0.2, 0.25) is 0 Å². The summed E-state index contributed by atoms with van der Waals surface area (Å²) in [6.07, 6.45) is 0.801. The zero-order chi connectivity index (χ0) is 23.5. The van der Waals surface area contributed by atoms with Gasteiger partial charge in [0.1, 0.15) is 5.82 Å². The van der Waals surface area contributed by atoms with Crippen LogP contribution in [0.4, 0.5) is 4.39 Å². The first-order chi connectivity index (χ1) is 16.0. The molecule has 0 aliphatic carbocycles. The third kappa shape index (κ3) is 4.25. The molecule has 33 heavy (non-hydrogen) atoms. The largest absolute Gasteiger partial charge is 0.378 e. The number of nitrogens with two attached hydrogens (primary N) is 1. The van der Waals surface area contributed by atoms with Gasteiger partial charge in [-0.2, -0.15) is 0 Å². The van der Waals surface area contributed by atoms with Crippen molar-refractivity contribution in [3.05, 3.63) is 71.0 Å². The summed E-state index contributed by atoms with van der Waals surface area (Å²) in [4.78, 5) is 29.8. The van der Waals surface area contributed by atoms with Crippen LogP contribution in [0, 0.1) is 12.7 Å². The first kappa shape index (κ1) is 22.6. The summed E-state index contributed by atoms with van der Waals surface area (Å²) >= 11 is 0. The third-order valence-electron chi connectivity index (χ3n) is 5.92. The Hall–Kier alpha value is -3.55. The number of ether oxygens (including phenoxy) is 1. The molecule has 0 atom stereocenters. The van der Waals surface area contributed by atoms with Gasteiger partial charge in [0.25, 0.3) is 5.91 Å². The first-order valence-electron chi connectivity index (χ1n) is 10.8. The van der Waals surface area contributed by atoms with E-state index in [0.717, 1.165) is 39.3 Å². The third-order valence-corrected chi connectivity index (χ3v) is 5.92. The van der Waals surface area contributed by atoms with E-state index in [1.807, 2.05) is 31.2 Å². The Balaban J connectivity index is 0.00000126. The minimum absolute atomic E-state index is 0.0319. The number of rotatable bonds is 3. The molecule has 0 unspecified atom stereocenters. The minimum Gasteiger partial charge on any atom is -0.378 e. The van der Waals surface area contributed by atoms with Crippen LogP contribution in [0.25, 0.3) is 32.9 Å². The van der Waals surface area contributed by atoms with Crippen LogP contribution in [0.5, 0.6) is 0 Å². The number of morpholine rings is 1. The number of hydrogen-bond acceptors (Lipinski definition) is 4. The summed E-state index contributed by atoms with van der Waals surface area (Å²) in [6.45, 7) is 4.17. The molecular formula is C26H26FN3O3. The van der Waals surface area contributed by atoms with E-state index in [1.54, 1.807) is 17.0 Å². The second kappa shape index (κ2) is 9.52. The lowest BCUT2D eigenvalue weighted by Crippen LogP contribution is -2.40. The molecule has 6 nitrogen and oxygen atoms in total. The van der Waals surface area contributed by atoms with E-state index >= 15 is 0 Å². The van der Waals surface area contributed by atoms with Crippen molar-refractivity contribution in [3.8, 4) is 11.1 Å². The summed E-state index contributed by atoms with van der Waals surface area (Å²) < 4.78 is 19.2. The topological polar surface area (TPSA) is 88.4 Å². The van der Waals surface area contributed by atoms with Crippen molar-refractivity contribution in [1.82, 2.24) is 9.88 Å². The van der Waals surface area contributed by atoms with E-state index in [2.05, 4.69) is 10.7 Å². The van der Waals surface area contributed by atoms with Crippen LogP contribution in [-0.2, 0) is 4.74 Å². The summed E-state index contributed by atoms with van der Waals surface area (Å²) in [6, 6.07) is 13.9. The second-order valence-electron chi connectivity index (χ2n) is 7.86. The highest BCUT2D eigenvalue weighted by Crippen LogP contribution is 2.34. The van der Waals surface area contributed by atoms with Gasteiger partial charge in [0.15, 0.2) is 6.29 Å². The minimum atomic E-state index is -0.321. The van der Waals surface area contributed by atoms with Crippen molar-refractivity contribution < 1.29 is 18.7 Å². The van der Waals surface area contributed by atoms with Crippen molar-refractivity contribution in [3.63, 3.8) is 0 Å². The SMILES string of the molecule is CN.Cc1ccc(F)cc1-c1cc(C=O)c2[nH]c3cc(C(=O)N4CCOCC4)ccc3c2c1. The Bertz CT molecular complexity index is 1340. The van der Waals surface area contributed by atoms with Crippen molar-refractivity contribution in [1.29, 1.82) is 0 Å². The molecule has 170 valence electrons. The van der Waals surface area contributed by atoms with Gasteiger partial charge in [-0.1, -0.05) is 12.1 Å². The molecule has 2 heterocycles. The maximum Gasteiger partial charge on any atom is 0.254 e. The molecule has 3 N–H and O–H groups in total. The number of halogens is 1. The van der Waals surface area contributed by atoms with E-state index in [0.29, 0.717) is 42.9 Å².